The van der Waals surface area contributed by atoms with Crippen molar-refractivity contribution in [3.63, 3.8) is 0 Å². The summed E-state index contributed by atoms with van der Waals surface area (Å²) in [7, 11) is 3.27. The molecular formula is C10H17F5N2O. The summed E-state index contributed by atoms with van der Waals surface area (Å²) in [6.07, 6.45) is -5.87. The summed E-state index contributed by atoms with van der Waals surface area (Å²) in [5.74, 6) is -7.55. The molecule has 0 N–H and O–H groups in total. The average Bonchev–Trinajstić information content (AvgIpc) is 2.15. The van der Waals surface area contributed by atoms with E-state index in [1.807, 2.05) is 0 Å². The monoisotopic (exact) mass is 276 g/mol. The van der Waals surface area contributed by atoms with Gasteiger partial charge in [-0.05, 0) is 27.9 Å². The van der Waals surface area contributed by atoms with Gasteiger partial charge in [0, 0.05) is 19.1 Å². The van der Waals surface area contributed by atoms with Crippen LogP contribution in [0.2, 0.25) is 0 Å². The van der Waals surface area contributed by atoms with E-state index in [-0.39, 0.29) is 13.1 Å². The molecule has 0 bridgehead atoms. The summed E-state index contributed by atoms with van der Waals surface area (Å²) in [6.45, 7) is 2.78. The lowest BCUT2D eigenvalue weighted by Crippen LogP contribution is -2.55. The number of carbonyl (C=O) groups excluding carboxylic acids is 1. The molecule has 1 unspecified atom stereocenters. The standard InChI is InChI=1S/C10H17F5N2O/c1-5-17(7(2)6-16(3)4)8(18)9(11,12)10(13,14)15/h7H,5-6H2,1-4H3. The first-order chi connectivity index (χ1) is 7.95. The molecule has 0 aromatic rings. The molecule has 0 rings (SSSR count). The largest absolute Gasteiger partial charge is 0.463 e. The number of amides is 1. The van der Waals surface area contributed by atoms with Gasteiger partial charge in [-0.15, -0.1) is 0 Å². The van der Waals surface area contributed by atoms with Crippen molar-refractivity contribution < 1.29 is 26.7 Å². The zero-order valence-corrected chi connectivity index (χ0v) is 10.7. The van der Waals surface area contributed by atoms with Crippen molar-refractivity contribution >= 4 is 5.91 Å². The second-order valence-corrected chi connectivity index (χ2v) is 4.27. The first-order valence-corrected chi connectivity index (χ1v) is 5.35. The van der Waals surface area contributed by atoms with Gasteiger partial charge >= 0.3 is 18.0 Å². The molecule has 108 valence electrons. The molecule has 0 saturated heterocycles. The maximum absolute atomic E-state index is 12.9. The third-order valence-electron chi connectivity index (χ3n) is 2.39. The zero-order valence-electron chi connectivity index (χ0n) is 10.7. The van der Waals surface area contributed by atoms with Crippen molar-refractivity contribution in [2.75, 3.05) is 27.2 Å². The first-order valence-electron chi connectivity index (χ1n) is 5.35. The SMILES string of the molecule is CCN(C(=O)C(F)(F)C(F)(F)F)C(C)CN(C)C. The van der Waals surface area contributed by atoms with Gasteiger partial charge in [0.1, 0.15) is 0 Å². The minimum atomic E-state index is -5.87. The highest BCUT2D eigenvalue weighted by atomic mass is 19.4. The Morgan fingerprint density at radius 1 is 1.17 bits per heavy atom. The molecule has 0 radical (unpaired) electrons. The van der Waals surface area contributed by atoms with Crippen molar-refractivity contribution in [2.45, 2.75) is 32.0 Å². The average molecular weight is 276 g/mol. The van der Waals surface area contributed by atoms with E-state index in [1.165, 1.54) is 13.8 Å². The van der Waals surface area contributed by atoms with Crippen LogP contribution in [-0.4, -0.2) is 61.0 Å². The minimum Gasteiger partial charge on any atom is -0.333 e. The highest BCUT2D eigenvalue weighted by Crippen LogP contribution is 2.37. The van der Waals surface area contributed by atoms with Crippen LogP contribution < -0.4 is 0 Å². The molecule has 0 fully saturated rings. The molecule has 0 saturated carbocycles. The fraction of sp³-hybridized carbons (Fsp3) is 0.900. The van der Waals surface area contributed by atoms with Crippen LogP contribution in [0, 0.1) is 0 Å². The number of likely N-dealkylation sites (N-methyl/N-ethyl adjacent to an activating group) is 2. The predicted molar refractivity (Wildman–Crippen MR) is 56.4 cm³/mol. The number of rotatable bonds is 5. The van der Waals surface area contributed by atoms with E-state index in [9.17, 15) is 26.7 Å². The van der Waals surface area contributed by atoms with Crippen molar-refractivity contribution in [3.8, 4) is 0 Å². The molecule has 0 aliphatic heterocycles. The van der Waals surface area contributed by atoms with Gasteiger partial charge in [0.25, 0.3) is 0 Å². The lowest BCUT2D eigenvalue weighted by atomic mass is 10.2. The minimum absolute atomic E-state index is 0.202. The van der Waals surface area contributed by atoms with Gasteiger partial charge in [0.15, 0.2) is 0 Å². The maximum atomic E-state index is 12.9. The topological polar surface area (TPSA) is 23.6 Å². The molecule has 0 aromatic carbocycles. The van der Waals surface area contributed by atoms with Gasteiger partial charge in [0.05, 0.1) is 0 Å². The second-order valence-electron chi connectivity index (χ2n) is 4.27. The Kier molecular flexibility index (Phi) is 5.52. The second kappa shape index (κ2) is 5.81. The van der Waals surface area contributed by atoms with E-state index in [0.29, 0.717) is 4.90 Å². The third-order valence-corrected chi connectivity index (χ3v) is 2.39. The Morgan fingerprint density at radius 2 is 1.61 bits per heavy atom. The number of hydrogen-bond donors (Lipinski definition) is 0. The quantitative estimate of drug-likeness (QED) is 0.717. The highest BCUT2D eigenvalue weighted by Gasteiger charge is 2.64. The summed E-state index contributed by atoms with van der Waals surface area (Å²) in [5.41, 5.74) is 0. The predicted octanol–water partition coefficient (Wildman–Crippen LogP) is 1.98. The van der Waals surface area contributed by atoms with Gasteiger partial charge in [-0.2, -0.15) is 22.0 Å². The normalized spacial score (nSPS) is 14.8. The van der Waals surface area contributed by atoms with Crippen LogP contribution in [0.25, 0.3) is 0 Å². The molecule has 0 spiro atoms. The number of hydrogen-bond acceptors (Lipinski definition) is 2. The molecule has 1 atom stereocenters. The number of nitrogens with zero attached hydrogens (tertiary/aromatic N) is 2. The molecule has 3 nitrogen and oxygen atoms in total. The van der Waals surface area contributed by atoms with Crippen LogP contribution in [-0.2, 0) is 4.79 Å². The van der Waals surface area contributed by atoms with E-state index in [2.05, 4.69) is 0 Å². The molecular weight excluding hydrogens is 259 g/mol. The van der Waals surface area contributed by atoms with Crippen LogP contribution >= 0.6 is 0 Å². The van der Waals surface area contributed by atoms with Crippen molar-refractivity contribution in [1.82, 2.24) is 9.80 Å². The van der Waals surface area contributed by atoms with E-state index < -0.39 is 24.0 Å². The van der Waals surface area contributed by atoms with Gasteiger partial charge in [-0.3, -0.25) is 4.79 Å². The molecule has 18 heavy (non-hydrogen) atoms. The van der Waals surface area contributed by atoms with Crippen molar-refractivity contribution in [2.24, 2.45) is 0 Å². The third kappa shape index (κ3) is 3.79. The van der Waals surface area contributed by atoms with Crippen LogP contribution in [0.1, 0.15) is 13.8 Å². The lowest BCUT2D eigenvalue weighted by molar-refractivity contribution is -0.275. The first kappa shape index (κ1) is 17.1. The maximum Gasteiger partial charge on any atom is 0.463 e. The molecule has 0 aliphatic rings. The Hall–Kier alpha value is -0.920. The van der Waals surface area contributed by atoms with E-state index in [1.54, 1.807) is 19.0 Å². The van der Waals surface area contributed by atoms with Gasteiger partial charge in [0.2, 0.25) is 0 Å². The van der Waals surface area contributed by atoms with Crippen LogP contribution in [0.15, 0.2) is 0 Å². The van der Waals surface area contributed by atoms with Gasteiger partial charge in [-0.1, -0.05) is 0 Å². The molecule has 1 amide bonds. The van der Waals surface area contributed by atoms with Crippen molar-refractivity contribution in [3.05, 3.63) is 0 Å². The highest BCUT2D eigenvalue weighted by molar-refractivity contribution is 5.84. The Morgan fingerprint density at radius 3 is 1.89 bits per heavy atom. The number of alkyl halides is 5. The summed E-state index contributed by atoms with van der Waals surface area (Å²) in [5, 5.41) is 0. The van der Waals surface area contributed by atoms with Crippen LogP contribution in [0.4, 0.5) is 22.0 Å². The lowest BCUT2D eigenvalue weighted by Gasteiger charge is -2.33. The summed E-state index contributed by atoms with van der Waals surface area (Å²) >= 11 is 0. The van der Waals surface area contributed by atoms with Crippen LogP contribution in [0.3, 0.4) is 0 Å². The number of carbonyl (C=O) groups is 1. The smallest absolute Gasteiger partial charge is 0.333 e. The van der Waals surface area contributed by atoms with E-state index in [0.717, 1.165) is 0 Å². The molecule has 8 heteroatoms. The summed E-state index contributed by atoms with van der Waals surface area (Å²) in [6, 6.07) is -0.731. The van der Waals surface area contributed by atoms with Gasteiger partial charge < -0.3 is 9.80 Å². The zero-order chi connectivity index (χ0) is 14.7. The van der Waals surface area contributed by atoms with Gasteiger partial charge in [-0.25, -0.2) is 0 Å². The Labute approximate surface area is 103 Å². The number of halogens is 5. The fourth-order valence-electron chi connectivity index (χ4n) is 1.58. The Bertz CT molecular complexity index is 290. The fourth-order valence-corrected chi connectivity index (χ4v) is 1.58. The van der Waals surface area contributed by atoms with E-state index in [4.69, 9.17) is 0 Å². The van der Waals surface area contributed by atoms with E-state index >= 15 is 0 Å². The molecule has 0 aliphatic carbocycles. The van der Waals surface area contributed by atoms with Crippen molar-refractivity contribution in [1.29, 1.82) is 0 Å². The molecule has 0 aromatic heterocycles. The Balaban J connectivity index is 5.03. The summed E-state index contributed by atoms with van der Waals surface area (Å²) in [4.78, 5) is 13.4. The molecule has 0 heterocycles. The summed E-state index contributed by atoms with van der Waals surface area (Å²) < 4.78 is 62.2. The van der Waals surface area contributed by atoms with Crippen LogP contribution in [0.5, 0.6) is 0 Å².